The summed E-state index contributed by atoms with van der Waals surface area (Å²) in [5.74, 6) is -2.32. The van der Waals surface area contributed by atoms with E-state index < -0.39 is 29.3 Å². The topological polar surface area (TPSA) is 83.3 Å². The van der Waals surface area contributed by atoms with Crippen LogP contribution >= 0.6 is 0 Å². The van der Waals surface area contributed by atoms with Gasteiger partial charge in [-0.25, -0.2) is 4.39 Å². The molecule has 1 heterocycles. The smallest absolute Gasteiger partial charge is 0.295 e. The molecule has 0 spiro atoms. The first kappa shape index (κ1) is 25.2. The van der Waals surface area contributed by atoms with Crippen molar-refractivity contribution in [1.29, 1.82) is 0 Å². The molecule has 1 N–H and O–H groups in total. The fraction of sp³-hybridized carbons (Fsp3) is 0.385. The second-order valence-electron chi connectivity index (χ2n) is 8.74. The first-order valence-corrected chi connectivity index (χ1v) is 11.4. The lowest BCUT2D eigenvalue weighted by Crippen LogP contribution is -3.06. The van der Waals surface area contributed by atoms with Crippen molar-refractivity contribution in [3.8, 4) is 11.5 Å². The maximum atomic E-state index is 14.6. The van der Waals surface area contributed by atoms with Gasteiger partial charge in [-0.2, -0.15) is 0 Å². The van der Waals surface area contributed by atoms with Crippen molar-refractivity contribution in [2.24, 2.45) is 0 Å². The second kappa shape index (κ2) is 10.7. The Morgan fingerprint density at radius 2 is 1.82 bits per heavy atom. The Morgan fingerprint density at radius 3 is 2.38 bits per heavy atom. The average molecular weight is 471 g/mol. The zero-order chi connectivity index (χ0) is 25.0. The van der Waals surface area contributed by atoms with Crippen LogP contribution in [0, 0.1) is 5.82 Å². The Morgan fingerprint density at radius 1 is 1.15 bits per heavy atom. The minimum atomic E-state index is -0.864. The third-order valence-corrected chi connectivity index (χ3v) is 5.45. The van der Waals surface area contributed by atoms with Gasteiger partial charge in [0, 0.05) is 5.57 Å². The van der Waals surface area contributed by atoms with Crippen LogP contribution in [0.1, 0.15) is 37.9 Å². The summed E-state index contributed by atoms with van der Waals surface area (Å²) in [6, 6.07) is 9.92. The highest BCUT2D eigenvalue weighted by atomic mass is 19.1. The first-order valence-electron chi connectivity index (χ1n) is 11.4. The van der Waals surface area contributed by atoms with Gasteiger partial charge < -0.3 is 24.4 Å². The molecule has 1 aliphatic rings. The number of ether oxygens (including phenoxy) is 2. The van der Waals surface area contributed by atoms with Gasteiger partial charge in [-0.15, -0.1) is 0 Å². The molecule has 1 unspecified atom stereocenters. The van der Waals surface area contributed by atoms with Crippen LogP contribution in [0.15, 0.2) is 48.0 Å². The molecular formula is C26H31FN2O5. The number of nitrogens with one attached hydrogen (secondary N) is 1. The van der Waals surface area contributed by atoms with Crippen molar-refractivity contribution in [1.82, 2.24) is 4.90 Å². The molecule has 0 bridgehead atoms. The van der Waals surface area contributed by atoms with Gasteiger partial charge in [0.1, 0.15) is 5.75 Å². The lowest BCUT2D eigenvalue weighted by molar-refractivity contribution is -0.857. The van der Waals surface area contributed by atoms with E-state index in [9.17, 15) is 19.1 Å². The summed E-state index contributed by atoms with van der Waals surface area (Å²) in [4.78, 5) is 28.5. The Balaban J connectivity index is 2.09. The predicted octanol–water partition coefficient (Wildman–Crippen LogP) is 1.38. The molecule has 0 saturated carbocycles. The third kappa shape index (κ3) is 5.39. The van der Waals surface area contributed by atoms with Gasteiger partial charge in [0.25, 0.3) is 5.91 Å². The quantitative estimate of drug-likeness (QED) is 0.340. The number of nitrogens with zero attached hydrogens (tertiary/aromatic N) is 1. The second-order valence-corrected chi connectivity index (χ2v) is 8.74. The highest BCUT2D eigenvalue weighted by molar-refractivity contribution is 6.46. The van der Waals surface area contributed by atoms with Crippen molar-refractivity contribution < 1.29 is 33.5 Å². The van der Waals surface area contributed by atoms with E-state index in [1.807, 2.05) is 21.0 Å². The molecule has 2 aromatic rings. The number of quaternary nitrogens is 1. The van der Waals surface area contributed by atoms with Crippen molar-refractivity contribution >= 4 is 17.4 Å². The summed E-state index contributed by atoms with van der Waals surface area (Å²) in [5, 5.41) is 13.5. The normalized spacial score (nSPS) is 17.6. The van der Waals surface area contributed by atoms with E-state index in [4.69, 9.17) is 9.47 Å². The van der Waals surface area contributed by atoms with Crippen LogP contribution in [0.3, 0.4) is 0 Å². The minimum Gasteiger partial charge on any atom is -0.872 e. The number of carbonyl (C=O) groups excluding carboxylic acids is 2. The van der Waals surface area contributed by atoms with Crippen LogP contribution in [-0.2, 0) is 9.59 Å². The van der Waals surface area contributed by atoms with Gasteiger partial charge in [-0.1, -0.05) is 24.0 Å². The van der Waals surface area contributed by atoms with E-state index in [1.54, 1.807) is 38.1 Å². The van der Waals surface area contributed by atoms with Crippen molar-refractivity contribution in [3.05, 3.63) is 65.0 Å². The minimum absolute atomic E-state index is 0.0132. The molecule has 7 nitrogen and oxygen atoms in total. The van der Waals surface area contributed by atoms with E-state index in [-0.39, 0.29) is 29.5 Å². The first-order chi connectivity index (χ1) is 16.1. The number of hydrogen-bond acceptors (Lipinski definition) is 5. The molecule has 3 rings (SSSR count). The summed E-state index contributed by atoms with van der Waals surface area (Å²) in [6.07, 6.45) is -0.240. The van der Waals surface area contributed by atoms with E-state index in [0.717, 1.165) is 11.0 Å². The molecule has 0 radical (unpaired) electrons. The van der Waals surface area contributed by atoms with Crippen molar-refractivity contribution in [2.75, 3.05) is 33.8 Å². The number of halogens is 1. The molecular weight excluding hydrogens is 439 g/mol. The molecule has 0 aliphatic carbocycles. The Kier molecular flexibility index (Phi) is 7.94. The van der Waals surface area contributed by atoms with Gasteiger partial charge >= 0.3 is 0 Å². The number of likely N-dealkylation sites (N-methyl/N-ethyl adjacent to an activating group) is 1. The molecule has 1 saturated heterocycles. The zero-order valence-electron chi connectivity index (χ0n) is 20.2. The number of likely N-dealkylation sites (tertiary alicyclic amines) is 1. The number of rotatable bonds is 9. The van der Waals surface area contributed by atoms with Crippen LogP contribution in [-0.4, -0.2) is 56.5 Å². The summed E-state index contributed by atoms with van der Waals surface area (Å²) in [5.41, 5.74) is 0.417. The molecule has 2 aromatic carbocycles. The van der Waals surface area contributed by atoms with Crippen LogP contribution in [0.25, 0.3) is 5.76 Å². The Labute approximate surface area is 199 Å². The van der Waals surface area contributed by atoms with Crippen LogP contribution in [0.4, 0.5) is 4.39 Å². The zero-order valence-corrected chi connectivity index (χ0v) is 20.2. The number of Topliss-reactive ketones (excluding diaryl/α,β-unsaturated/α-hetero) is 1. The fourth-order valence-electron chi connectivity index (χ4n) is 3.85. The number of hydrogen-bond donors (Lipinski definition) is 1. The van der Waals surface area contributed by atoms with Crippen LogP contribution in [0.2, 0.25) is 0 Å². The van der Waals surface area contributed by atoms with Gasteiger partial charge in [-0.05, 0) is 56.2 Å². The SMILES string of the molecule is CCOc1ccc(C2C(=C([O-])c3ccc(OC(C)C)c(F)c3)C(=O)C(=O)N2CC[NH+](C)C)cc1. The van der Waals surface area contributed by atoms with E-state index >= 15 is 0 Å². The molecule has 0 aromatic heterocycles. The highest BCUT2D eigenvalue weighted by Gasteiger charge is 2.44. The summed E-state index contributed by atoms with van der Waals surface area (Å²) >= 11 is 0. The van der Waals surface area contributed by atoms with Gasteiger partial charge in [0.15, 0.2) is 11.6 Å². The monoisotopic (exact) mass is 470 g/mol. The Hall–Kier alpha value is -3.39. The van der Waals surface area contributed by atoms with E-state index in [2.05, 4.69) is 0 Å². The van der Waals surface area contributed by atoms with Gasteiger partial charge in [-0.3, -0.25) is 9.59 Å². The maximum absolute atomic E-state index is 14.6. The fourth-order valence-corrected chi connectivity index (χ4v) is 3.85. The molecule has 8 heteroatoms. The molecule has 1 atom stereocenters. The average Bonchev–Trinajstić information content (AvgIpc) is 3.03. The van der Waals surface area contributed by atoms with Crippen molar-refractivity contribution in [3.63, 3.8) is 0 Å². The standard InChI is InChI=1S/C26H31FN2O5/c1-6-33-19-10-7-17(8-11-19)23-22(25(31)26(32)29(23)14-13-28(4)5)24(30)18-9-12-21(20(27)15-18)34-16(2)3/h7-12,15-16,23,30H,6,13-14H2,1-5H3. The summed E-state index contributed by atoms with van der Waals surface area (Å²) in [7, 11) is 3.88. The summed E-state index contributed by atoms with van der Waals surface area (Å²) in [6.45, 7) is 6.77. The molecule has 1 aliphatic heterocycles. The highest BCUT2D eigenvalue weighted by Crippen LogP contribution is 2.39. The van der Waals surface area contributed by atoms with Crippen LogP contribution < -0.4 is 19.5 Å². The molecule has 182 valence electrons. The number of carbonyl (C=O) groups is 2. The number of benzene rings is 2. The predicted molar refractivity (Wildman–Crippen MR) is 124 cm³/mol. The lowest BCUT2D eigenvalue weighted by atomic mass is 9.95. The van der Waals surface area contributed by atoms with Crippen molar-refractivity contribution in [2.45, 2.75) is 32.9 Å². The Bertz CT molecular complexity index is 1080. The molecule has 1 amide bonds. The third-order valence-electron chi connectivity index (χ3n) is 5.45. The van der Waals surface area contributed by atoms with Gasteiger partial charge in [0.2, 0.25) is 5.78 Å². The summed E-state index contributed by atoms with van der Waals surface area (Å²) < 4.78 is 25.5. The lowest BCUT2D eigenvalue weighted by Gasteiger charge is -2.28. The van der Waals surface area contributed by atoms with E-state index in [1.165, 1.54) is 17.0 Å². The number of amides is 1. The molecule has 1 fully saturated rings. The molecule has 34 heavy (non-hydrogen) atoms. The maximum Gasteiger partial charge on any atom is 0.295 e. The van der Waals surface area contributed by atoms with E-state index in [0.29, 0.717) is 24.5 Å². The van der Waals surface area contributed by atoms with Gasteiger partial charge in [0.05, 0.1) is 45.9 Å². The van der Waals surface area contributed by atoms with Crippen LogP contribution in [0.5, 0.6) is 11.5 Å². The largest absolute Gasteiger partial charge is 0.872 e. The number of ketones is 1.